The maximum absolute atomic E-state index is 12.5. The number of hydrogen-bond acceptors (Lipinski definition) is 8. The SMILES string of the molecule is CC(C)(C)OC(=O)N1CCC1.CCCCOc1ncc(C(C)=O)cc1-c1nc2c(CC)n(C)nc2c(=O)[nH]1. The van der Waals surface area contributed by atoms with Crippen molar-refractivity contribution in [2.45, 2.75) is 72.8 Å². The number of rotatable bonds is 7. The van der Waals surface area contributed by atoms with Gasteiger partial charge in [0.1, 0.15) is 16.9 Å². The number of Topliss-reactive ketones (excluding diaryl/α,β-unsaturated/α-hetero) is 1. The highest BCUT2D eigenvalue weighted by Crippen LogP contribution is 2.28. The lowest BCUT2D eigenvalue weighted by molar-refractivity contribution is 0.0130. The van der Waals surface area contributed by atoms with Crippen molar-refractivity contribution in [3.8, 4) is 17.3 Å². The number of fused-ring (bicyclic) bond motifs is 1. The topological polar surface area (TPSA) is 132 Å². The van der Waals surface area contributed by atoms with E-state index in [0.717, 1.165) is 38.0 Å². The molecule has 38 heavy (non-hydrogen) atoms. The van der Waals surface area contributed by atoms with E-state index in [1.807, 2.05) is 27.7 Å². The van der Waals surface area contributed by atoms with Crippen LogP contribution in [0.2, 0.25) is 0 Å². The number of aryl methyl sites for hydroxylation is 2. The number of nitrogens with zero attached hydrogens (tertiary/aromatic N) is 5. The monoisotopic (exact) mass is 526 g/mol. The predicted molar refractivity (Wildman–Crippen MR) is 145 cm³/mol. The molecule has 1 fully saturated rings. The summed E-state index contributed by atoms with van der Waals surface area (Å²) in [6.45, 7) is 13.4. The van der Waals surface area contributed by atoms with Crippen LogP contribution in [0.3, 0.4) is 0 Å². The molecule has 0 saturated carbocycles. The van der Waals surface area contributed by atoms with E-state index in [1.54, 1.807) is 22.7 Å². The molecular formula is C27H38N6O5. The Morgan fingerprint density at radius 3 is 2.42 bits per heavy atom. The van der Waals surface area contributed by atoms with Gasteiger partial charge in [-0.05, 0) is 53.0 Å². The minimum atomic E-state index is -0.354. The number of pyridine rings is 1. The number of hydrogen-bond donors (Lipinski definition) is 1. The Kier molecular flexibility index (Phi) is 9.24. The van der Waals surface area contributed by atoms with E-state index in [2.05, 4.69) is 27.0 Å². The van der Waals surface area contributed by atoms with E-state index in [1.165, 1.54) is 13.1 Å². The number of aromatic amines is 1. The quantitative estimate of drug-likeness (QED) is 0.356. The molecular weight excluding hydrogens is 488 g/mol. The van der Waals surface area contributed by atoms with Crippen LogP contribution in [0.15, 0.2) is 17.1 Å². The Labute approximate surface area is 222 Å². The summed E-state index contributed by atoms with van der Waals surface area (Å²) < 4.78 is 12.6. The van der Waals surface area contributed by atoms with Crippen LogP contribution in [0, 0.1) is 0 Å². The molecule has 4 rings (SSSR count). The molecule has 0 unspecified atom stereocenters. The number of ketones is 1. The number of nitrogens with one attached hydrogen (secondary N) is 1. The van der Waals surface area contributed by atoms with E-state index in [9.17, 15) is 14.4 Å². The van der Waals surface area contributed by atoms with Crippen LogP contribution in [-0.2, 0) is 18.2 Å². The van der Waals surface area contributed by atoms with Crippen LogP contribution < -0.4 is 10.3 Å². The highest BCUT2D eigenvalue weighted by Gasteiger charge is 2.25. The standard InChI is InChI=1S/C19H23N5O3.C8H15NO2/c1-5-7-8-27-19-13(9-12(10-20-19)11(3)25)17-21-15-14(6-2)24(4)23-16(15)18(26)22-17;1-8(2,3)11-7(10)9-5-4-6-9/h9-10H,5-8H2,1-4H3,(H,21,22,26);4-6H2,1-3H3. The summed E-state index contributed by atoms with van der Waals surface area (Å²) in [7, 11) is 1.79. The molecule has 206 valence electrons. The molecule has 4 heterocycles. The summed E-state index contributed by atoms with van der Waals surface area (Å²) in [5.41, 5.74) is 1.93. The normalized spacial score (nSPS) is 13.0. The molecule has 0 spiro atoms. The van der Waals surface area contributed by atoms with Crippen LogP contribution in [0.5, 0.6) is 5.88 Å². The number of likely N-dealkylation sites (tertiary alicyclic amines) is 1. The molecule has 1 saturated heterocycles. The Hall–Kier alpha value is -3.76. The fourth-order valence-corrected chi connectivity index (χ4v) is 3.72. The Morgan fingerprint density at radius 2 is 1.87 bits per heavy atom. The fourth-order valence-electron chi connectivity index (χ4n) is 3.72. The molecule has 1 aliphatic heterocycles. The molecule has 0 aromatic carbocycles. The minimum Gasteiger partial charge on any atom is -0.477 e. The molecule has 3 aromatic rings. The Morgan fingerprint density at radius 1 is 1.16 bits per heavy atom. The zero-order valence-electron chi connectivity index (χ0n) is 23.4. The van der Waals surface area contributed by atoms with E-state index in [4.69, 9.17) is 9.47 Å². The first-order valence-corrected chi connectivity index (χ1v) is 13.0. The lowest BCUT2D eigenvalue weighted by atomic mass is 10.1. The molecule has 0 aliphatic carbocycles. The van der Waals surface area contributed by atoms with Gasteiger partial charge in [-0.15, -0.1) is 0 Å². The molecule has 11 heteroatoms. The number of H-pyrrole nitrogens is 1. The third kappa shape index (κ3) is 6.96. The fraction of sp³-hybridized carbons (Fsp3) is 0.556. The van der Waals surface area contributed by atoms with Gasteiger partial charge in [0.2, 0.25) is 5.88 Å². The second kappa shape index (κ2) is 12.2. The first-order valence-electron chi connectivity index (χ1n) is 13.0. The van der Waals surface area contributed by atoms with Gasteiger partial charge in [0.15, 0.2) is 11.3 Å². The molecule has 0 atom stereocenters. The maximum atomic E-state index is 12.5. The zero-order chi connectivity index (χ0) is 28.0. The van der Waals surface area contributed by atoms with Crippen molar-refractivity contribution >= 4 is 22.9 Å². The number of ether oxygens (including phenoxy) is 2. The van der Waals surface area contributed by atoms with Crippen molar-refractivity contribution in [2.75, 3.05) is 19.7 Å². The second-order valence-corrected chi connectivity index (χ2v) is 10.2. The second-order valence-electron chi connectivity index (χ2n) is 10.2. The summed E-state index contributed by atoms with van der Waals surface area (Å²) in [4.78, 5) is 48.9. The van der Waals surface area contributed by atoms with Gasteiger partial charge in [-0.2, -0.15) is 5.10 Å². The summed E-state index contributed by atoms with van der Waals surface area (Å²) in [6.07, 6.45) is 4.96. The third-order valence-electron chi connectivity index (χ3n) is 5.90. The van der Waals surface area contributed by atoms with Gasteiger partial charge in [-0.3, -0.25) is 14.3 Å². The smallest absolute Gasteiger partial charge is 0.410 e. The summed E-state index contributed by atoms with van der Waals surface area (Å²) in [5.74, 6) is 0.540. The van der Waals surface area contributed by atoms with Crippen molar-refractivity contribution in [3.63, 3.8) is 0 Å². The molecule has 1 aliphatic rings. The van der Waals surface area contributed by atoms with E-state index >= 15 is 0 Å². The van der Waals surface area contributed by atoms with Crippen molar-refractivity contribution in [1.82, 2.24) is 29.6 Å². The van der Waals surface area contributed by atoms with Gasteiger partial charge in [-0.1, -0.05) is 20.3 Å². The van der Waals surface area contributed by atoms with Crippen molar-refractivity contribution in [2.24, 2.45) is 7.05 Å². The maximum Gasteiger partial charge on any atom is 0.410 e. The lowest BCUT2D eigenvalue weighted by Gasteiger charge is -2.32. The molecule has 11 nitrogen and oxygen atoms in total. The van der Waals surface area contributed by atoms with Gasteiger partial charge < -0.3 is 19.4 Å². The first-order chi connectivity index (χ1) is 17.9. The lowest BCUT2D eigenvalue weighted by Crippen LogP contribution is -2.44. The van der Waals surface area contributed by atoms with E-state index < -0.39 is 0 Å². The number of amides is 1. The van der Waals surface area contributed by atoms with Crippen LogP contribution in [0.25, 0.3) is 22.4 Å². The molecule has 3 aromatic heterocycles. The highest BCUT2D eigenvalue weighted by molar-refractivity contribution is 5.95. The number of unbranched alkanes of at least 4 members (excludes halogenated alkanes) is 1. The highest BCUT2D eigenvalue weighted by atomic mass is 16.6. The van der Waals surface area contributed by atoms with Gasteiger partial charge in [-0.25, -0.2) is 14.8 Å². The van der Waals surface area contributed by atoms with Crippen LogP contribution >= 0.6 is 0 Å². The van der Waals surface area contributed by atoms with Crippen LogP contribution in [0.4, 0.5) is 4.79 Å². The van der Waals surface area contributed by atoms with E-state index in [-0.39, 0.29) is 23.0 Å². The van der Waals surface area contributed by atoms with Crippen molar-refractivity contribution in [3.05, 3.63) is 33.9 Å². The predicted octanol–water partition coefficient (Wildman–Crippen LogP) is 4.29. The van der Waals surface area contributed by atoms with Crippen LogP contribution in [0.1, 0.15) is 76.9 Å². The molecule has 1 amide bonds. The number of aromatic nitrogens is 5. The number of carbonyl (C=O) groups is 2. The zero-order valence-corrected chi connectivity index (χ0v) is 23.4. The van der Waals surface area contributed by atoms with Crippen LogP contribution in [-0.4, -0.2) is 66.8 Å². The van der Waals surface area contributed by atoms with Gasteiger partial charge in [0.25, 0.3) is 5.56 Å². The van der Waals surface area contributed by atoms with Gasteiger partial charge in [0.05, 0.1) is 17.9 Å². The molecule has 0 radical (unpaired) electrons. The van der Waals surface area contributed by atoms with E-state index in [0.29, 0.717) is 46.9 Å². The van der Waals surface area contributed by atoms with Gasteiger partial charge >= 0.3 is 6.09 Å². The third-order valence-corrected chi connectivity index (χ3v) is 5.90. The summed E-state index contributed by atoms with van der Waals surface area (Å²) >= 11 is 0. The summed E-state index contributed by atoms with van der Waals surface area (Å²) in [6, 6.07) is 1.66. The largest absolute Gasteiger partial charge is 0.477 e. The Bertz CT molecular complexity index is 1350. The van der Waals surface area contributed by atoms with Crippen molar-refractivity contribution < 1.29 is 19.1 Å². The molecule has 0 bridgehead atoms. The Balaban J connectivity index is 0.000000304. The average molecular weight is 527 g/mol. The molecule has 1 N–H and O–H groups in total. The van der Waals surface area contributed by atoms with Gasteiger partial charge in [0, 0.05) is 31.9 Å². The first kappa shape index (κ1) is 28.8. The summed E-state index contributed by atoms with van der Waals surface area (Å²) in [5, 5.41) is 4.26. The van der Waals surface area contributed by atoms with Crippen molar-refractivity contribution in [1.29, 1.82) is 0 Å². The number of carbonyl (C=O) groups excluding carboxylic acids is 2. The average Bonchev–Trinajstić information content (AvgIpc) is 3.12. The minimum absolute atomic E-state index is 0.122.